The summed E-state index contributed by atoms with van der Waals surface area (Å²) in [5, 5.41) is 0. The monoisotopic (exact) mass is 215 g/mol. The van der Waals surface area contributed by atoms with Crippen molar-refractivity contribution in [3.63, 3.8) is 0 Å². The second kappa shape index (κ2) is 4.04. The zero-order valence-corrected chi connectivity index (χ0v) is 9.91. The highest BCUT2D eigenvalue weighted by Crippen LogP contribution is 2.46. The van der Waals surface area contributed by atoms with E-state index in [4.69, 9.17) is 4.42 Å². The quantitative estimate of drug-likeness (QED) is 0.549. The zero-order chi connectivity index (χ0) is 11.0. The number of allylic oxidation sites excluding steroid dienone is 6. The maximum atomic E-state index is 5.21. The van der Waals surface area contributed by atoms with Crippen LogP contribution < -0.4 is 0 Å². The minimum Gasteiger partial charge on any atom is -0.258 e. The summed E-state index contributed by atoms with van der Waals surface area (Å²) in [4.78, 5) is 0. The Hall–Kier alpha value is -1.11. The highest BCUT2D eigenvalue weighted by atomic mass is 16.4. The van der Waals surface area contributed by atoms with E-state index in [0.29, 0.717) is 0 Å². The minimum absolute atomic E-state index is 0.874. The van der Waals surface area contributed by atoms with Gasteiger partial charge in [-0.1, -0.05) is 5.57 Å². The smallest absolute Gasteiger partial charge is 0.258 e. The molecule has 16 heavy (non-hydrogen) atoms. The van der Waals surface area contributed by atoms with Gasteiger partial charge in [-0.25, -0.2) is 0 Å². The molecule has 4 rings (SSSR count). The van der Waals surface area contributed by atoms with Gasteiger partial charge in [0, 0.05) is 12.2 Å². The van der Waals surface area contributed by atoms with Crippen molar-refractivity contribution in [2.75, 3.05) is 7.11 Å². The Morgan fingerprint density at radius 3 is 2.19 bits per heavy atom. The Morgan fingerprint density at radius 2 is 1.69 bits per heavy atom. The summed E-state index contributed by atoms with van der Waals surface area (Å²) < 4.78 is 5.21. The number of rotatable bonds is 0. The maximum Gasteiger partial charge on any atom is 0.343 e. The molecule has 0 atom stereocenters. The Balaban J connectivity index is 1.90. The molecule has 1 heteroatoms. The Labute approximate surface area is 97.2 Å². The summed E-state index contributed by atoms with van der Waals surface area (Å²) in [5.74, 6) is 2.81. The molecule has 3 fully saturated rings. The first-order chi connectivity index (χ1) is 7.86. The Kier molecular flexibility index (Phi) is 2.55. The van der Waals surface area contributed by atoms with E-state index in [0.717, 1.165) is 17.6 Å². The van der Waals surface area contributed by atoms with Crippen LogP contribution >= 0.6 is 0 Å². The largest absolute Gasteiger partial charge is 0.343 e. The first kappa shape index (κ1) is 10.1. The number of fused-ring (bicyclic) bond motifs is 3. The molecule has 4 aliphatic rings. The third kappa shape index (κ3) is 1.68. The van der Waals surface area contributed by atoms with Gasteiger partial charge in [-0.3, -0.25) is 4.42 Å². The van der Waals surface area contributed by atoms with Crippen LogP contribution in [0.1, 0.15) is 32.1 Å². The van der Waals surface area contributed by atoms with Gasteiger partial charge in [-0.05, 0) is 61.7 Å². The van der Waals surface area contributed by atoms with Crippen molar-refractivity contribution in [3.8, 4) is 0 Å². The number of ketones is 1. The number of hydrogen-bond donors (Lipinski definition) is 0. The molecule has 2 bridgehead atoms. The summed E-state index contributed by atoms with van der Waals surface area (Å²) in [6, 6.07) is 0. The fraction of sp³-hybridized carbons (Fsp3) is 0.533. The minimum atomic E-state index is 0.874. The van der Waals surface area contributed by atoms with Gasteiger partial charge in [-0.15, -0.1) is 0 Å². The molecular formula is C15H19O+. The molecule has 0 spiro atoms. The molecule has 0 aromatic rings. The van der Waals surface area contributed by atoms with Gasteiger partial charge in [0.05, 0.1) is 0 Å². The summed E-state index contributed by atoms with van der Waals surface area (Å²) in [6.07, 6.45) is 15.8. The zero-order valence-electron chi connectivity index (χ0n) is 9.91. The lowest BCUT2D eigenvalue weighted by Crippen LogP contribution is -2.25. The van der Waals surface area contributed by atoms with E-state index in [9.17, 15) is 0 Å². The van der Waals surface area contributed by atoms with Crippen molar-refractivity contribution in [2.24, 2.45) is 11.8 Å². The van der Waals surface area contributed by atoms with E-state index in [2.05, 4.69) is 24.3 Å². The van der Waals surface area contributed by atoms with Crippen LogP contribution in [-0.2, 0) is 4.42 Å². The third-order valence-corrected chi connectivity index (χ3v) is 4.31. The maximum absolute atomic E-state index is 5.21. The van der Waals surface area contributed by atoms with Crippen molar-refractivity contribution in [3.05, 3.63) is 35.5 Å². The fourth-order valence-corrected chi connectivity index (χ4v) is 3.35. The van der Waals surface area contributed by atoms with Gasteiger partial charge >= 0.3 is 5.78 Å². The average Bonchev–Trinajstić information content (AvgIpc) is 2.40. The van der Waals surface area contributed by atoms with Crippen molar-refractivity contribution in [2.45, 2.75) is 32.1 Å². The molecule has 0 aliphatic heterocycles. The highest BCUT2D eigenvalue weighted by molar-refractivity contribution is 6.01. The molecule has 0 amide bonds. The molecule has 4 aliphatic carbocycles. The summed E-state index contributed by atoms with van der Waals surface area (Å²) in [7, 11) is 1.73. The second-order valence-corrected chi connectivity index (χ2v) is 5.18. The summed E-state index contributed by atoms with van der Waals surface area (Å²) in [6.45, 7) is 0. The molecule has 0 unspecified atom stereocenters. The topological polar surface area (TPSA) is 11.3 Å². The van der Waals surface area contributed by atoms with Gasteiger partial charge in [0.25, 0.3) is 7.11 Å². The van der Waals surface area contributed by atoms with Crippen molar-refractivity contribution in [1.29, 1.82) is 0 Å². The van der Waals surface area contributed by atoms with Gasteiger partial charge in [0.2, 0.25) is 0 Å². The van der Waals surface area contributed by atoms with Crippen LogP contribution in [0.4, 0.5) is 0 Å². The van der Waals surface area contributed by atoms with Crippen molar-refractivity contribution >= 4 is 5.78 Å². The first-order valence-electron chi connectivity index (χ1n) is 6.37. The van der Waals surface area contributed by atoms with E-state index < -0.39 is 0 Å². The SMILES string of the molecule is C[O+]=C1C=CC(=C2CC3CCC2CC3)C=C1. The fourth-order valence-electron chi connectivity index (χ4n) is 3.35. The lowest BCUT2D eigenvalue weighted by Gasteiger charge is -2.39. The van der Waals surface area contributed by atoms with Crippen LogP contribution in [0.3, 0.4) is 0 Å². The summed E-state index contributed by atoms with van der Waals surface area (Å²) >= 11 is 0. The molecular weight excluding hydrogens is 196 g/mol. The van der Waals surface area contributed by atoms with Crippen LogP contribution in [0.5, 0.6) is 0 Å². The molecule has 0 aromatic heterocycles. The average molecular weight is 215 g/mol. The standard InChI is InChI=1S/C15H19O/c1-16-14-8-6-13(7-9-14)15-10-11-2-4-12(15)5-3-11/h6-9,11-12H,2-5,10H2,1H3/q+1. The van der Waals surface area contributed by atoms with Crippen LogP contribution in [-0.4, -0.2) is 12.9 Å². The van der Waals surface area contributed by atoms with E-state index in [1.54, 1.807) is 12.7 Å². The third-order valence-electron chi connectivity index (χ3n) is 4.31. The molecule has 0 heterocycles. The highest BCUT2D eigenvalue weighted by Gasteiger charge is 2.32. The van der Waals surface area contributed by atoms with Crippen LogP contribution in [0.15, 0.2) is 35.5 Å². The van der Waals surface area contributed by atoms with Gasteiger partial charge in [-0.2, -0.15) is 0 Å². The van der Waals surface area contributed by atoms with Crippen LogP contribution in [0, 0.1) is 11.8 Å². The molecule has 0 N–H and O–H groups in total. The predicted octanol–water partition coefficient (Wildman–Crippen LogP) is 3.35. The lowest BCUT2D eigenvalue weighted by molar-refractivity contribution is -0.417. The lowest BCUT2D eigenvalue weighted by atomic mass is 9.66. The van der Waals surface area contributed by atoms with Gasteiger partial charge < -0.3 is 0 Å². The number of hydrogen-bond acceptors (Lipinski definition) is 0. The Bertz CT molecular complexity index is 383. The van der Waals surface area contributed by atoms with Crippen LogP contribution in [0.25, 0.3) is 0 Å². The molecule has 84 valence electrons. The molecule has 3 saturated carbocycles. The summed E-state index contributed by atoms with van der Waals surface area (Å²) in [5.41, 5.74) is 3.17. The molecule has 0 saturated heterocycles. The van der Waals surface area contributed by atoms with Gasteiger partial charge in [0.15, 0.2) is 0 Å². The molecule has 1 nitrogen and oxygen atoms in total. The predicted molar refractivity (Wildman–Crippen MR) is 66.3 cm³/mol. The van der Waals surface area contributed by atoms with Crippen molar-refractivity contribution < 1.29 is 4.42 Å². The van der Waals surface area contributed by atoms with Crippen LogP contribution in [0.2, 0.25) is 0 Å². The molecule has 0 aromatic carbocycles. The normalized spacial score (nSPS) is 32.4. The van der Waals surface area contributed by atoms with E-state index in [1.165, 1.54) is 37.7 Å². The van der Waals surface area contributed by atoms with E-state index in [-0.39, 0.29) is 0 Å². The number of carbonyl (C=O) groups excluding carboxylic acids is 1. The van der Waals surface area contributed by atoms with E-state index >= 15 is 0 Å². The van der Waals surface area contributed by atoms with Gasteiger partial charge in [0.1, 0.15) is 0 Å². The second-order valence-electron chi connectivity index (χ2n) is 5.18. The molecule has 0 radical (unpaired) electrons. The van der Waals surface area contributed by atoms with Crippen molar-refractivity contribution in [1.82, 2.24) is 0 Å². The van der Waals surface area contributed by atoms with E-state index in [1.807, 2.05) is 0 Å². The first-order valence-corrected chi connectivity index (χ1v) is 6.37. The Morgan fingerprint density at radius 1 is 1.00 bits per heavy atom.